The highest BCUT2D eigenvalue weighted by molar-refractivity contribution is 4.81. The molecule has 78 valence electrons. The molecule has 2 atom stereocenters. The lowest BCUT2D eigenvalue weighted by molar-refractivity contribution is 0.555. The second-order valence-electron chi connectivity index (χ2n) is 4.57. The molecule has 0 bridgehead atoms. The molecule has 1 nitrogen and oxygen atoms in total. The van der Waals surface area contributed by atoms with Gasteiger partial charge in [0.2, 0.25) is 0 Å². The van der Waals surface area contributed by atoms with E-state index < -0.39 is 0 Å². The van der Waals surface area contributed by atoms with Crippen LogP contribution in [-0.4, -0.2) is 13.1 Å². The first-order chi connectivity index (χ1) is 6.34. The van der Waals surface area contributed by atoms with E-state index in [1.54, 1.807) is 0 Å². The minimum Gasteiger partial charge on any atom is -0.317 e. The molecule has 1 rings (SSSR count). The minimum atomic E-state index is 1.05. The van der Waals surface area contributed by atoms with Crippen LogP contribution in [0.2, 0.25) is 0 Å². The Labute approximate surface area is 83.3 Å². The smallest absolute Gasteiger partial charge is 0.00489 e. The summed E-state index contributed by atoms with van der Waals surface area (Å²) in [6, 6.07) is 0. The first kappa shape index (κ1) is 11.0. The van der Waals surface area contributed by atoms with E-state index in [9.17, 15) is 0 Å². The summed E-state index contributed by atoms with van der Waals surface area (Å²) in [5.74, 6) is 2.15. The second-order valence-corrected chi connectivity index (χ2v) is 4.57. The minimum absolute atomic E-state index is 1.05. The van der Waals surface area contributed by atoms with E-state index in [4.69, 9.17) is 0 Å². The molecular weight excluding hydrogens is 158 g/mol. The molecule has 1 N–H and O–H groups in total. The molecule has 0 aromatic carbocycles. The lowest BCUT2D eigenvalue weighted by Gasteiger charge is -2.02. The first-order valence-corrected chi connectivity index (χ1v) is 6.05. The first-order valence-electron chi connectivity index (χ1n) is 6.05. The van der Waals surface area contributed by atoms with Gasteiger partial charge in [0.1, 0.15) is 0 Å². The molecule has 0 aliphatic heterocycles. The number of nitrogens with one attached hydrogen (secondary N) is 1. The van der Waals surface area contributed by atoms with Gasteiger partial charge in [-0.25, -0.2) is 0 Å². The molecule has 0 radical (unpaired) electrons. The Morgan fingerprint density at radius 1 is 1.15 bits per heavy atom. The van der Waals surface area contributed by atoms with Gasteiger partial charge >= 0.3 is 0 Å². The fourth-order valence-electron chi connectivity index (χ4n) is 1.94. The van der Waals surface area contributed by atoms with Crippen LogP contribution in [-0.2, 0) is 0 Å². The number of unbranched alkanes of at least 4 members (excludes halogenated alkanes) is 2. The Morgan fingerprint density at radius 2 is 1.92 bits per heavy atom. The zero-order valence-electron chi connectivity index (χ0n) is 9.31. The van der Waals surface area contributed by atoms with Crippen LogP contribution < -0.4 is 5.32 Å². The van der Waals surface area contributed by atoms with Crippen molar-refractivity contribution in [2.24, 2.45) is 11.8 Å². The molecule has 0 amide bonds. The highest BCUT2D eigenvalue weighted by atomic mass is 14.8. The van der Waals surface area contributed by atoms with Crippen molar-refractivity contribution >= 4 is 0 Å². The maximum absolute atomic E-state index is 3.45. The van der Waals surface area contributed by atoms with E-state index in [0.717, 1.165) is 11.8 Å². The lowest BCUT2D eigenvalue weighted by atomic mass is 10.1. The van der Waals surface area contributed by atoms with Crippen molar-refractivity contribution in [2.75, 3.05) is 13.1 Å². The molecule has 0 aromatic rings. The molecule has 0 heterocycles. The molecule has 13 heavy (non-hydrogen) atoms. The maximum atomic E-state index is 3.45. The normalized spacial score (nSPS) is 26.3. The zero-order chi connectivity index (χ0) is 9.52. The van der Waals surface area contributed by atoms with Gasteiger partial charge < -0.3 is 5.32 Å². The Morgan fingerprint density at radius 3 is 2.54 bits per heavy atom. The summed E-state index contributed by atoms with van der Waals surface area (Å²) in [7, 11) is 0. The van der Waals surface area contributed by atoms with Gasteiger partial charge in [-0.15, -0.1) is 0 Å². The molecule has 1 saturated carbocycles. The van der Waals surface area contributed by atoms with E-state index in [-0.39, 0.29) is 0 Å². The molecule has 1 aliphatic rings. The Balaban J connectivity index is 1.69. The van der Waals surface area contributed by atoms with Gasteiger partial charge in [0.05, 0.1) is 0 Å². The molecule has 2 unspecified atom stereocenters. The highest BCUT2D eigenvalue weighted by Crippen LogP contribution is 2.41. The molecule has 1 heteroatoms. The van der Waals surface area contributed by atoms with Crippen LogP contribution >= 0.6 is 0 Å². The van der Waals surface area contributed by atoms with Crippen molar-refractivity contribution in [3.05, 3.63) is 0 Å². The van der Waals surface area contributed by atoms with Gasteiger partial charge in [-0.2, -0.15) is 0 Å². The summed E-state index contributed by atoms with van der Waals surface area (Å²) in [6.45, 7) is 7.03. The van der Waals surface area contributed by atoms with Crippen molar-refractivity contribution < 1.29 is 0 Å². The summed E-state index contributed by atoms with van der Waals surface area (Å²) in [6.07, 6.45) is 8.53. The molecular formula is C12H25N. The van der Waals surface area contributed by atoms with E-state index in [2.05, 4.69) is 19.2 Å². The van der Waals surface area contributed by atoms with Crippen LogP contribution in [0, 0.1) is 11.8 Å². The third kappa shape index (κ3) is 5.30. The van der Waals surface area contributed by atoms with E-state index in [1.165, 1.54) is 51.6 Å². The van der Waals surface area contributed by atoms with Crippen LogP contribution in [0.5, 0.6) is 0 Å². The van der Waals surface area contributed by atoms with E-state index in [0.29, 0.717) is 0 Å². The predicted molar refractivity (Wildman–Crippen MR) is 58.9 cm³/mol. The SMILES string of the molecule is CCCNCCCCCC1CC1C. The Hall–Kier alpha value is -0.0400. The summed E-state index contributed by atoms with van der Waals surface area (Å²) in [5, 5.41) is 3.45. The third-order valence-corrected chi connectivity index (χ3v) is 3.13. The molecule has 0 aromatic heterocycles. The van der Waals surface area contributed by atoms with Gasteiger partial charge in [-0.1, -0.05) is 33.1 Å². The van der Waals surface area contributed by atoms with Crippen LogP contribution in [0.3, 0.4) is 0 Å². The van der Waals surface area contributed by atoms with Crippen LogP contribution in [0.15, 0.2) is 0 Å². The van der Waals surface area contributed by atoms with Crippen molar-refractivity contribution in [2.45, 2.75) is 52.4 Å². The quantitative estimate of drug-likeness (QED) is 0.570. The van der Waals surface area contributed by atoms with Crippen LogP contribution in [0.1, 0.15) is 52.4 Å². The van der Waals surface area contributed by atoms with Gasteiger partial charge in [0.25, 0.3) is 0 Å². The van der Waals surface area contributed by atoms with Crippen molar-refractivity contribution in [1.29, 1.82) is 0 Å². The molecule has 1 fully saturated rings. The maximum Gasteiger partial charge on any atom is -0.00489 e. The summed E-state index contributed by atoms with van der Waals surface area (Å²) < 4.78 is 0. The van der Waals surface area contributed by atoms with Crippen LogP contribution in [0.4, 0.5) is 0 Å². The summed E-state index contributed by atoms with van der Waals surface area (Å²) in [4.78, 5) is 0. The van der Waals surface area contributed by atoms with Gasteiger partial charge in [-0.3, -0.25) is 0 Å². The average Bonchev–Trinajstić information content (AvgIpc) is 2.81. The van der Waals surface area contributed by atoms with Crippen LogP contribution in [0.25, 0.3) is 0 Å². The standard InChI is InChI=1S/C12H25N/c1-3-8-13-9-6-4-5-7-12-10-11(12)2/h11-13H,3-10H2,1-2H3. The second kappa shape index (κ2) is 6.42. The molecule has 0 saturated heterocycles. The Bertz CT molecular complexity index is 122. The zero-order valence-corrected chi connectivity index (χ0v) is 9.31. The highest BCUT2D eigenvalue weighted by Gasteiger charge is 2.31. The fraction of sp³-hybridized carbons (Fsp3) is 1.00. The van der Waals surface area contributed by atoms with Gasteiger partial charge in [0, 0.05) is 0 Å². The van der Waals surface area contributed by atoms with E-state index >= 15 is 0 Å². The summed E-state index contributed by atoms with van der Waals surface area (Å²) in [5.41, 5.74) is 0. The van der Waals surface area contributed by atoms with Gasteiger partial charge in [-0.05, 0) is 44.2 Å². The van der Waals surface area contributed by atoms with Crippen molar-refractivity contribution in [1.82, 2.24) is 5.32 Å². The number of hydrogen-bond donors (Lipinski definition) is 1. The average molecular weight is 183 g/mol. The molecule has 1 aliphatic carbocycles. The largest absolute Gasteiger partial charge is 0.317 e. The molecule has 0 spiro atoms. The van der Waals surface area contributed by atoms with E-state index in [1.807, 2.05) is 0 Å². The predicted octanol–water partition coefficient (Wildman–Crippen LogP) is 3.20. The van der Waals surface area contributed by atoms with Crippen molar-refractivity contribution in [3.63, 3.8) is 0 Å². The van der Waals surface area contributed by atoms with Gasteiger partial charge in [0.15, 0.2) is 0 Å². The lowest BCUT2D eigenvalue weighted by Crippen LogP contribution is -2.15. The third-order valence-electron chi connectivity index (χ3n) is 3.13. The Kier molecular flexibility index (Phi) is 5.45. The summed E-state index contributed by atoms with van der Waals surface area (Å²) >= 11 is 0. The number of hydrogen-bond acceptors (Lipinski definition) is 1. The van der Waals surface area contributed by atoms with Crippen molar-refractivity contribution in [3.8, 4) is 0 Å². The monoisotopic (exact) mass is 183 g/mol. The number of rotatable bonds is 8. The topological polar surface area (TPSA) is 12.0 Å². The fourth-order valence-corrected chi connectivity index (χ4v) is 1.94.